The fraction of sp³-hybridized carbons (Fsp3) is 0.455. The van der Waals surface area contributed by atoms with Crippen molar-refractivity contribution in [3.05, 3.63) is 35.4 Å². The lowest BCUT2D eigenvalue weighted by Gasteiger charge is -2.11. The Bertz CT molecular complexity index is 256. The summed E-state index contributed by atoms with van der Waals surface area (Å²) in [4.78, 5) is 0. The molecule has 0 atom stereocenters. The van der Waals surface area contributed by atoms with E-state index in [0.29, 0.717) is 6.61 Å². The summed E-state index contributed by atoms with van der Waals surface area (Å²) in [6.07, 6.45) is 0. The summed E-state index contributed by atoms with van der Waals surface area (Å²) in [5.74, 6) is 0. The van der Waals surface area contributed by atoms with Gasteiger partial charge in [0.2, 0.25) is 0 Å². The highest BCUT2D eigenvalue weighted by atomic mass is 16.5. The van der Waals surface area contributed by atoms with E-state index in [4.69, 9.17) is 4.74 Å². The smallest absolute Gasteiger partial charge is 0.0713 e. The highest BCUT2D eigenvalue weighted by Crippen LogP contribution is 2.05. The number of nitrogens with zero attached hydrogens (tertiary/aromatic N) is 1. The molecule has 0 saturated carbocycles. The van der Waals surface area contributed by atoms with Crippen molar-refractivity contribution in [2.24, 2.45) is 0 Å². The fourth-order valence-corrected chi connectivity index (χ4v) is 1.17. The van der Waals surface area contributed by atoms with Gasteiger partial charge in [-0.25, -0.2) is 0 Å². The van der Waals surface area contributed by atoms with E-state index in [9.17, 15) is 0 Å². The molecule has 0 bridgehead atoms. The van der Waals surface area contributed by atoms with E-state index in [1.165, 1.54) is 11.1 Å². The van der Waals surface area contributed by atoms with Gasteiger partial charge >= 0.3 is 0 Å². The van der Waals surface area contributed by atoms with E-state index in [2.05, 4.69) is 29.7 Å². The van der Waals surface area contributed by atoms with Gasteiger partial charge in [-0.3, -0.25) is 10.4 Å². The molecule has 14 heavy (non-hydrogen) atoms. The highest BCUT2D eigenvalue weighted by molar-refractivity contribution is 5.21. The number of nitrogens with one attached hydrogen (secondary N) is 1. The molecule has 0 radical (unpaired) electrons. The van der Waals surface area contributed by atoms with Gasteiger partial charge in [-0.2, -0.15) is 0 Å². The van der Waals surface area contributed by atoms with Crippen molar-refractivity contribution in [3.8, 4) is 0 Å². The largest absolute Gasteiger partial charge is 0.380 e. The van der Waals surface area contributed by atoms with E-state index < -0.39 is 0 Å². The third-order valence-electron chi connectivity index (χ3n) is 1.93. The van der Waals surface area contributed by atoms with Gasteiger partial charge in [-0.1, -0.05) is 24.3 Å². The molecule has 0 amide bonds. The maximum Gasteiger partial charge on any atom is 0.0713 e. The molecule has 0 aliphatic carbocycles. The van der Waals surface area contributed by atoms with Crippen LogP contribution in [0.5, 0.6) is 0 Å². The minimum atomic E-state index is 0.682. The van der Waals surface area contributed by atoms with Crippen LogP contribution >= 0.6 is 0 Å². The molecule has 1 rings (SSSR count). The molecule has 1 aromatic rings. The molecular weight excluding hydrogens is 176 g/mol. The van der Waals surface area contributed by atoms with Crippen LogP contribution in [0.4, 0.5) is 0 Å². The van der Waals surface area contributed by atoms with Gasteiger partial charge < -0.3 is 4.74 Å². The molecule has 3 heteroatoms. The molecule has 0 aliphatic rings. The lowest BCUT2D eigenvalue weighted by molar-refractivity contribution is 0.185. The summed E-state index contributed by atoms with van der Waals surface area (Å²) < 4.78 is 5.04. The minimum Gasteiger partial charge on any atom is -0.380 e. The quantitative estimate of drug-likeness (QED) is 0.717. The predicted molar refractivity (Wildman–Crippen MR) is 57.7 cm³/mol. The van der Waals surface area contributed by atoms with Gasteiger partial charge in [0.25, 0.3) is 0 Å². The van der Waals surface area contributed by atoms with Crippen LogP contribution in [0.2, 0.25) is 0 Å². The van der Waals surface area contributed by atoms with Crippen LogP contribution in [-0.4, -0.2) is 26.2 Å². The molecule has 0 aromatic heterocycles. The van der Waals surface area contributed by atoms with Crippen molar-refractivity contribution in [2.45, 2.75) is 13.2 Å². The number of hydrogen-bond acceptors (Lipinski definition) is 3. The zero-order valence-corrected chi connectivity index (χ0v) is 9.08. The standard InChI is InChI=1S/C11H18N2O/c1-13(2)12-8-10-4-6-11(7-5-10)9-14-3/h4-7,12H,8-9H2,1-3H3. The van der Waals surface area contributed by atoms with Gasteiger partial charge in [-0.15, -0.1) is 0 Å². The maximum atomic E-state index is 5.04. The summed E-state index contributed by atoms with van der Waals surface area (Å²) in [5.41, 5.74) is 5.70. The highest BCUT2D eigenvalue weighted by Gasteiger charge is 1.94. The van der Waals surface area contributed by atoms with Crippen LogP contribution in [0.3, 0.4) is 0 Å². The van der Waals surface area contributed by atoms with E-state index >= 15 is 0 Å². The normalized spacial score (nSPS) is 10.9. The molecule has 1 N–H and O–H groups in total. The monoisotopic (exact) mass is 194 g/mol. The molecule has 0 unspecified atom stereocenters. The SMILES string of the molecule is COCc1ccc(CNN(C)C)cc1. The van der Waals surface area contributed by atoms with Crippen molar-refractivity contribution < 1.29 is 4.74 Å². The molecule has 0 fully saturated rings. The number of rotatable bonds is 5. The first kappa shape index (κ1) is 11.2. The summed E-state index contributed by atoms with van der Waals surface area (Å²) in [6, 6.07) is 8.42. The van der Waals surface area contributed by atoms with E-state index in [-0.39, 0.29) is 0 Å². The molecule has 0 heterocycles. The summed E-state index contributed by atoms with van der Waals surface area (Å²) >= 11 is 0. The number of methoxy groups -OCH3 is 1. The van der Waals surface area contributed by atoms with Crippen molar-refractivity contribution in [3.63, 3.8) is 0 Å². The second-order valence-corrected chi connectivity index (χ2v) is 3.48. The van der Waals surface area contributed by atoms with E-state index in [1.54, 1.807) is 7.11 Å². The molecule has 78 valence electrons. The molecule has 1 aromatic carbocycles. The first-order valence-corrected chi connectivity index (χ1v) is 4.70. The summed E-state index contributed by atoms with van der Waals surface area (Å²) in [6.45, 7) is 1.54. The van der Waals surface area contributed by atoms with Crippen LogP contribution in [0.15, 0.2) is 24.3 Å². The van der Waals surface area contributed by atoms with Crippen molar-refractivity contribution >= 4 is 0 Å². The Hall–Kier alpha value is -0.900. The maximum absolute atomic E-state index is 5.04. The number of hydrogen-bond donors (Lipinski definition) is 1. The Morgan fingerprint density at radius 2 is 1.71 bits per heavy atom. The Morgan fingerprint density at radius 1 is 1.14 bits per heavy atom. The molecule has 0 aliphatic heterocycles. The second kappa shape index (κ2) is 5.75. The van der Waals surface area contributed by atoms with Crippen LogP contribution in [0.25, 0.3) is 0 Å². The topological polar surface area (TPSA) is 24.5 Å². The zero-order valence-electron chi connectivity index (χ0n) is 9.08. The molecule has 3 nitrogen and oxygen atoms in total. The fourth-order valence-electron chi connectivity index (χ4n) is 1.17. The Balaban J connectivity index is 2.46. The van der Waals surface area contributed by atoms with Crippen molar-refractivity contribution in [1.82, 2.24) is 10.4 Å². The van der Waals surface area contributed by atoms with Gasteiger partial charge in [0.15, 0.2) is 0 Å². The molecular formula is C11H18N2O. The Kier molecular flexibility index (Phi) is 4.59. The lowest BCUT2D eigenvalue weighted by Crippen LogP contribution is -2.29. The van der Waals surface area contributed by atoms with Crippen LogP contribution in [-0.2, 0) is 17.9 Å². The predicted octanol–water partition coefficient (Wildman–Crippen LogP) is 1.40. The summed E-state index contributed by atoms with van der Waals surface area (Å²) in [7, 11) is 5.68. The van der Waals surface area contributed by atoms with Crippen molar-refractivity contribution in [1.29, 1.82) is 0 Å². The van der Waals surface area contributed by atoms with E-state index in [0.717, 1.165) is 6.54 Å². The van der Waals surface area contributed by atoms with Crippen LogP contribution < -0.4 is 5.43 Å². The number of ether oxygens (including phenoxy) is 1. The number of hydrazine groups is 1. The zero-order chi connectivity index (χ0) is 10.4. The van der Waals surface area contributed by atoms with Gasteiger partial charge in [-0.05, 0) is 11.1 Å². The molecule has 0 saturated heterocycles. The second-order valence-electron chi connectivity index (χ2n) is 3.48. The first-order chi connectivity index (χ1) is 6.72. The van der Waals surface area contributed by atoms with Crippen LogP contribution in [0.1, 0.15) is 11.1 Å². The van der Waals surface area contributed by atoms with Gasteiger partial charge in [0, 0.05) is 27.7 Å². The minimum absolute atomic E-state index is 0.682. The first-order valence-electron chi connectivity index (χ1n) is 4.70. The molecule has 0 spiro atoms. The lowest BCUT2D eigenvalue weighted by atomic mass is 10.1. The third-order valence-corrected chi connectivity index (χ3v) is 1.93. The number of benzene rings is 1. The average molecular weight is 194 g/mol. The summed E-state index contributed by atoms with van der Waals surface area (Å²) in [5, 5.41) is 1.95. The van der Waals surface area contributed by atoms with Gasteiger partial charge in [0.1, 0.15) is 0 Å². The Morgan fingerprint density at radius 3 is 2.21 bits per heavy atom. The van der Waals surface area contributed by atoms with E-state index in [1.807, 2.05) is 19.1 Å². The Labute approximate surface area is 85.6 Å². The van der Waals surface area contributed by atoms with Gasteiger partial charge in [0.05, 0.1) is 6.61 Å². The van der Waals surface area contributed by atoms with Crippen LogP contribution in [0, 0.1) is 0 Å². The third kappa shape index (κ3) is 3.87. The van der Waals surface area contributed by atoms with Crippen molar-refractivity contribution in [2.75, 3.05) is 21.2 Å². The average Bonchev–Trinajstić information content (AvgIpc) is 2.17.